The first-order valence-corrected chi connectivity index (χ1v) is 10.8. The largest absolute Gasteiger partial charge is 0.465 e. The number of thiophene rings is 1. The fourth-order valence-electron chi connectivity index (χ4n) is 3.79. The zero-order valence-electron chi connectivity index (χ0n) is 16.2. The molecule has 0 saturated heterocycles. The van der Waals surface area contributed by atoms with Crippen molar-refractivity contribution in [2.75, 3.05) is 6.61 Å². The van der Waals surface area contributed by atoms with Crippen LogP contribution in [0.3, 0.4) is 0 Å². The van der Waals surface area contributed by atoms with E-state index in [0.29, 0.717) is 16.8 Å². The minimum absolute atomic E-state index is 0.141. The van der Waals surface area contributed by atoms with E-state index in [1.807, 2.05) is 0 Å². The van der Waals surface area contributed by atoms with Gasteiger partial charge in [-0.1, -0.05) is 26.2 Å². The van der Waals surface area contributed by atoms with Crippen molar-refractivity contribution in [3.05, 3.63) is 31.3 Å². The number of carbonyl (C=O) groups is 1. The zero-order valence-corrected chi connectivity index (χ0v) is 17.0. The normalized spacial score (nSPS) is 13.7. The summed E-state index contributed by atoms with van der Waals surface area (Å²) in [7, 11) is 0. The van der Waals surface area contributed by atoms with Gasteiger partial charge in [0.05, 0.1) is 12.0 Å². The SMILES string of the molecule is CCCCCCn1c(=O)c2c3c(sc2n(CC(=O)OCC)c1=O)CCCC3. The van der Waals surface area contributed by atoms with Crippen LogP contribution >= 0.6 is 11.3 Å². The molecular formula is C20H28N2O4S. The summed E-state index contributed by atoms with van der Waals surface area (Å²) in [4.78, 5) is 40.1. The van der Waals surface area contributed by atoms with Crippen LogP contribution < -0.4 is 11.2 Å². The maximum atomic E-state index is 13.1. The molecule has 0 fully saturated rings. The molecule has 0 bridgehead atoms. The first kappa shape index (κ1) is 19.9. The van der Waals surface area contributed by atoms with Crippen LogP contribution in [0.5, 0.6) is 0 Å². The van der Waals surface area contributed by atoms with Gasteiger partial charge in [-0.2, -0.15) is 0 Å². The van der Waals surface area contributed by atoms with Crippen LogP contribution in [-0.2, 0) is 35.5 Å². The molecule has 0 spiro atoms. The second-order valence-electron chi connectivity index (χ2n) is 7.08. The summed E-state index contributed by atoms with van der Waals surface area (Å²) in [6.07, 6.45) is 7.94. The van der Waals surface area contributed by atoms with Gasteiger partial charge < -0.3 is 4.74 Å². The first-order chi connectivity index (χ1) is 13.1. The Morgan fingerprint density at radius 3 is 2.59 bits per heavy atom. The smallest absolute Gasteiger partial charge is 0.332 e. The molecular weight excluding hydrogens is 364 g/mol. The van der Waals surface area contributed by atoms with Crippen molar-refractivity contribution in [3.63, 3.8) is 0 Å². The van der Waals surface area contributed by atoms with Gasteiger partial charge in [-0.15, -0.1) is 11.3 Å². The number of hydrogen-bond donors (Lipinski definition) is 0. The van der Waals surface area contributed by atoms with Gasteiger partial charge in [-0.05, 0) is 44.6 Å². The lowest BCUT2D eigenvalue weighted by Gasteiger charge is -2.13. The fraction of sp³-hybridized carbons (Fsp3) is 0.650. The lowest BCUT2D eigenvalue weighted by molar-refractivity contribution is -0.143. The van der Waals surface area contributed by atoms with Gasteiger partial charge in [0, 0.05) is 11.4 Å². The number of carbonyl (C=O) groups excluding carboxylic acids is 1. The summed E-state index contributed by atoms with van der Waals surface area (Å²) < 4.78 is 7.84. The van der Waals surface area contributed by atoms with Gasteiger partial charge in [0.1, 0.15) is 11.4 Å². The maximum absolute atomic E-state index is 13.1. The number of hydrogen-bond acceptors (Lipinski definition) is 5. The Bertz CT molecular complexity index is 938. The summed E-state index contributed by atoms with van der Waals surface area (Å²) in [5.74, 6) is -0.441. The number of unbranched alkanes of at least 4 members (excludes halogenated alkanes) is 3. The molecule has 2 aromatic heterocycles. The lowest BCUT2D eigenvalue weighted by Crippen LogP contribution is -2.41. The van der Waals surface area contributed by atoms with Crippen LogP contribution in [0.25, 0.3) is 10.2 Å². The third-order valence-electron chi connectivity index (χ3n) is 5.15. The van der Waals surface area contributed by atoms with Crippen LogP contribution in [-0.4, -0.2) is 21.7 Å². The van der Waals surface area contributed by atoms with Gasteiger partial charge in [0.2, 0.25) is 0 Å². The van der Waals surface area contributed by atoms with E-state index in [9.17, 15) is 14.4 Å². The van der Waals surface area contributed by atoms with Crippen LogP contribution in [0, 0.1) is 0 Å². The van der Waals surface area contributed by atoms with Crippen LogP contribution in [0.1, 0.15) is 62.8 Å². The molecule has 0 unspecified atom stereocenters. The Morgan fingerprint density at radius 1 is 1.07 bits per heavy atom. The second kappa shape index (κ2) is 8.87. The number of aryl methyl sites for hydroxylation is 2. The fourth-order valence-corrected chi connectivity index (χ4v) is 5.16. The average Bonchev–Trinajstić information content (AvgIpc) is 3.04. The van der Waals surface area contributed by atoms with E-state index < -0.39 is 11.7 Å². The Morgan fingerprint density at radius 2 is 1.85 bits per heavy atom. The van der Waals surface area contributed by atoms with E-state index in [-0.39, 0.29) is 18.7 Å². The minimum atomic E-state index is -0.441. The molecule has 0 radical (unpaired) electrons. The minimum Gasteiger partial charge on any atom is -0.465 e. The van der Waals surface area contributed by atoms with Gasteiger partial charge in [-0.3, -0.25) is 18.7 Å². The summed E-state index contributed by atoms with van der Waals surface area (Å²) in [5.41, 5.74) is 0.507. The molecule has 0 aromatic carbocycles. The Kier molecular flexibility index (Phi) is 6.52. The first-order valence-electron chi connectivity index (χ1n) is 10.0. The van der Waals surface area contributed by atoms with Gasteiger partial charge in [-0.25, -0.2) is 4.79 Å². The molecule has 27 heavy (non-hydrogen) atoms. The highest BCUT2D eigenvalue weighted by molar-refractivity contribution is 7.18. The molecule has 0 atom stereocenters. The average molecular weight is 393 g/mol. The quantitative estimate of drug-likeness (QED) is 0.511. The molecule has 7 heteroatoms. The zero-order chi connectivity index (χ0) is 19.4. The summed E-state index contributed by atoms with van der Waals surface area (Å²) >= 11 is 1.50. The molecule has 2 heterocycles. The number of esters is 1. The molecule has 6 nitrogen and oxygen atoms in total. The Balaban J connectivity index is 2.12. The van der Waals surface area contributed by atoms with Gasteiger partial charge >= 0.3 is 11.7 Å². The van der Waals surface area contributed by atoms with Crippen molar-refractivity contribution in [1.82, 2.24) is 9.13 Å². The summed E-state index contributed by atoms with van der Waals surface area (Å²) in [5, 5.41) is 0.647. The monoisotopic (exact) mass is 392 g/mol. The topological polar surface area (TPSA) is 70.3 Å². The van der Waals surface area contributed by atoms with Crippen molar-refractivity contribution in [2.45, 2.75) is 78.3 Å². The molecule has 0 saturated carbocycles. The highest BCUT2D eigenvalue weighted by atomic mass is 32.1. The maximum Gasteiger partial charge on any atom is 0.332 e. The number of ether oxygens (including phenoxy) is 1. The highest BCUT2D eigenvalue weighted by Crippen LogP contribution is 2.34. The van der Waals surface area contributed by atoms with Crippen molar-refractivity contribution in [3.8, 4) is 0 Å². The van der Waals surface area contributed by atoms with E-state index in [1.54, 1.807) is 6.92 Å². The second-order valence-corrected chi connectivity index (χ2v) is 8.17. The lowest BCUT2D eigenvalue weighted by atomic mass is 9.97. The molecule has 1 aliphatic carbocycles. The molecule has 0 aliphatic heterocycles. The molecule has 148 valence electrons. The van der Waals surface area contributed by atoms with Crippen molar-refractivity contribution in [1.29, 1.82) is 0 Å². The van der Waals surface area contributed by atoms with Gasteiger partial charge in [0.15, 0.2) is 0 Å². The number of nitrogens with zero attached hydrogens (tertiary/aromatic N) is 2. The Hall–Kier alpha value is -1.89. The standard InChI is InChI=1S/C20H28N2O4S/c1-3-5-6-9-12-21-18(24)17-14-10-7-8-11-15(14)27-19(17)22(20(21)25)13-16(23)26-4-2/h3-13H2,1-2H3. The van der Waals surface area contributed by atoms with Crippen LogP contribution in [0.2, 0.25) is 0 Å². The van der Waals surface area contributed by atoms with Crippen molar-refractivity contribution >= 4 is 27.5 Å². The number of fused-ring (bicyclic) bond motifs is 3. The van der Waals surface area contributed by atoms with Gasteiger partial charge in [0.25, 0.3) is 5.56 Å². The summed E-state index contributed by atoms with van der Waals surface area (Å²) in [6, 6.07) is 0. The Labute approximate surface area is 162 Å². The molecule has 0 amide bonds. The van der Waals surface area contributed by atoms with Crippen LogP contribution in [0.4, 0.5) is 0 Å². The third kappa shape index (κ3) is 4.03. The van der Waals surface area contributed by atoms with E-state index in [1.165, 1.54) is 25.3 Å². The molecule has 3 rings (SSSR count). The highest BCUT2D eigenvalue weighted by Gasteiger charge is 2.24. The van der Waals surface area contributed by atoms with E-state index >= 15 is 0 Å². The third-order valence-corrected chi connectivity index (χ3v) is 6.46. The van der Waals surface area contributed by atoms with E-state index in [2.05, 4.69) is 6.92 Å². The predicted molar refractivity (Wildman–Crippen MR) is 108 cm³/mol. The van der Waals surface area contributed by atoms with Crippen molar-refractivity contribution in [2.24, 2.45) is 0 Å². The van der Waals surface area contributed by atoms with E-state index in [0.717, 1.165) is 56.9 Å². The number of rotatable bonds is 8. The molecule has 1 aliphatic rings. The van der Waals surface area contributed by atoms with Crippen LogP contribution in [0.15, 0.2) is 9.59 Å². The molecule has 2 aromatic rings. The van der Waals surface area contributed by atoms with E-state index in [4.69, 9.17) is 4.74 Å². The van der Waals surface area contributed by atoms with Crippen molar-refractivity contribution < 1.29 is 9.53 Å². The number of aromatic nitrogens is 2. The molecule has 0 N–H and O–H groups in total. The predicted octanol–water partition coefficient (Wildman–Crippen LogP) is 3.25. The summed E-state index contributed by atoms with van der Waals surface area (Å²) in [6.45, 7) is 4.41.